The van der Waals surface area contributed by atoms with Gasteiger partial charge >= 0.3 is 12.1 Å². The van der Waals surface area contributed by atoms with E-state index in [9.17, 15) is 22.8 Å². The van der Waals surface area contributed by atoms with E-state index in [4.69, 9.17) is 5.11 Å². The smallest absolute Gasteiger partial charge is 0.434 e. The summed E-state index contributed by atoms with van der Waals surface area (Å²) in [6.07, 6.45) is -2.93. The van der Waals surface area contributed by atoms with E-state index in [-0.39, 0.29) is 23.8 Å². The maximum absolute atomic E-state index is 12.7. The van der Waals surface area contributed by atoms with Gasteiger partial charge in [0, 0.05) is 24.4 Å². The topological polar surface area (TPSA) is 70.5 Å². The molecule has 144 valence electrons. The predicted octanol–water partition coefficient (Wildman–Crippen LogP) is 3.81. The number of hydrogen-bond acceptors (Lipinski definition) is 4. The minimum atomic E-state index is -4.46. The number of nitrogens with zero attached hydrogens (tertiary/aromatic N) is 2. The molecule has 1 fully saturated rings. The van der Waals surface area contributed by atoms with Gasteiger partial charge in [-0.25, -0.2) is 9.78 Å². The summed E-state index contributed by atoms with van der Waals surface area (Å²) < 4.78 is 38.2. The number of aromatic carboxylic acids is 1. The molecule has 5 nitrogen and oxygen atoms in total. The van der Waals surface area contributed by atoms with E-state index in [2.05, 4.69) is 4.98 Å². The summed E-state index contributed by atoms with van der Waals surface area (Å²) in [5, 5.41) is 10.3. The Bertz CT molecular complexity index is 833. The van der Waals surface area contributed by atoms with Crippen LogP contribution in [-0.2, 0) is 17.4 Å². The molecule has 2 heterocycles. The summed E-state index contributed by atoms with van der Waals surface area (Å²) >= 11 is 0.980. The van der Waals surface area contributed by atoms with E-state index in [1.807, 2.05) is 0 Å². The highest BCUT2D eigenvalue weighted by Crippen LogP contribution is 2.35. The second-order valence-corrected chi connectivity index (χ2v) is 7.32. The highest BCUT2D eigenvalue weighted by molar-refractivity contribution is 7.09. The molecule has 0 bridgehead atoms. The Hall–Kier alpha value is -2.42. The number of carbonyl (C=O) groups excluding carboxylic acids is 1. The van der Waals surface area contributed by atoms with Crippen molar-refractivity contribution in [3.8, 4) is 0 Å². The lowest BCUT2D eigenvalue weighted by Crippen LogP contribution is -2.40. The number of aromatic nitrogens is 1. The van der Waals surface area contributed by atoms with Crippen LogP contribution in [0, 0.1) is 0 Å². The third kappa shape index (κ3) is 4.65. The van der Waals surface area contributed by atoms with Crippen molar-refractivity contribution in [1.29, 1.82) is 0 Å². The zero-order valence-corrected chi connectivity index (χ0v) is 15.0. The molecule has 0 radical (unpaired) electrons. The van der Waals surface area contributed by atoms with Crippen LogP contribution in [0.1, 0.15) is 45.4 Å². The van der Waals surface area contributed by atoms with Crippen LogP contribution in [0.2, 0.25) is 0 Å². The van der Waals surface area contributed by atoms with E-state index in [0.29, 0.717) is 36.5 Å². The Morgan fingerprint density at radius 2 is 1.96 bits per heavy atom. The highest BCUT2D eigenvalue weighted by Gasteiger charge is 2.35. The molecule has 1 N–H and O–H groups in total. The molecule has 1 unspecified atom stereocenters. The highest BCUT2D eigenvalue weighted by atomic mass is 32.1. The van der Waals surface area contributed by atoms with Gasteiger partial charge in [0.25, 0.3) is 0 Å². The standard InChI is InChI=1S/C18H17F3N2O3S/c19-18(20,21)14-10-27-16(22-14)13-2-1-7-23(9-13)15(24)8-11-3-5-12(6-4-11)17(25)26/h3-6,10,13H,1-2,7-9H2,(H,25,26). The van der Waals surface area contributed by atoms with E-state index < -0.39 is 17.8 Å². The molecular weight excluding hydrogens is 381 g/mol. The Morgan fingerprint density at radius 3 is 2.56 bits per heavy atom. The number of hydrogen-bond donors (Lipinski definition) is 1. The third-order valence-corrected chi connectivity index (χ3v) is 5.50. The van der Waals surface area contributed by atoms with Gasteiger partial charge in [-0.05, 0) is 30.5 Å². The van der Waals surface area contributed by atoms with Crippen molar-refractivity contribution in [3.05, 3.63) is 51.5 Å². The van der Waals surface area contributed by atoms with Crippen LogP contribution in [0.15, 0.2) is 29.6 Å². The van der Waals surface area contributed by atoms with E-state index in [1.165, 1.54) is 12.1 Å². The largest absolute Gasteiger partial charge is 0.478 e. The number of benzene rings is 1. The number of likely N-dealkylation sites (tertiary alicyclic amines) is 1. The molecule has 1 aliphatic rings. The first-order valence-corrected chi connectivity index (χ1v) is 9.24. The second kappa shape index (κ2) is 7.67. The van der Waals surface area contributed by atoms with Gasteiger partial charge in [0.2, 0.25) is 5.91 Å². The number of alkyl halides is 3. The molecule has 1 amide bonds. The van der Waals surface area contributed by atoms with Gasteiger partial charge in [-0.3, -0.25) is 4.79 Å². The van der Waals surface area contributed by atoms with Crippen LogP contribution in [0.3, 0.4) is 0 Å². The molecule has 1 aromatic carbocycles. The van der Waals surface area contributed by atoms with E-state index in [1.54, 1.807) is 17.0 Å². The monoisotopic (exact) mass is 398 g/mol. The number of amides is 1. The van der Waals surface area contributed by atoms with Crippen molar-refractivity contribution in [2.75, 3.05) is 13.1 Å². The maximum Gasteiger partial charge on any atom is 0.434 e. The van der Waals surface area contributed by atoms with Crippen LogP contribution in [0.25, 0.3) is 0 Å². The van der Waals surface area contributed by atoms with Crippen molar-refractivity contribution in [2.24, 2.45) is 0 Å². The average molecular weight is 398 g/mol. The summed E-state index contributed by atoms with van der Waals surface area (Å²) in [5.41, 5.74) is -0.0429. The van der Waals surface area contributed by atoms with Gasteiger partial charge in [0.15, 0.2) is 5.69 Å². The number of carboxylic acid groups (broad SMARTS) is 1. The first-order chi connectivity index (χ1) is 12.7. The van der Waals surface area contributed by atoms with E-state index >= 15 is 0 Å². The first-order valence-electron chi connectivity index (χ1n) is 8.36. The van der Waals surface area contributed by atoms with Crippen LogP contribution in [0.4, 0.5) is 13.2 Å². The molecular formula is C18H17F3N2O3S. The quantitative estimate of drug-likeness (QED) is 0.850. The van der Waals surface area contributed by atoms with Crippen molar-refractivity contribution in [2.45, 2.75) is 31.4 Å². The van der Waals surface area contributed by atoms with E-state index in [0.717, 1.165) is 16.7 Å². The number of thiazole rings is 1. The summed E-state index contributed by atoms with van der Waals surface area (Å²) in [6, 6.07) is 6.08. The number of halogens is 3. The minimum Gasteiger partial charge on any atom is -0.478 e. The van der Waals surface area contributed by atoms with Crippen LogP contribution >= 0.6 is 11.3 Å². The molecule has 1 atom stereocenters. The summed E-state index contributed by atoms with van der Waals surface area (Å²) in [6.45, 7) is 0.900. The summed E-state index contributed by atoms with van der Waals surface area (Å²) in [7, 11) is 0. The normalized spacial score (nSPS) is 17.7. The molecule has 0 saturated carbocycles. The molecule has 1 saturated heterocycles. The van der Waals surface area contributed by atoms with Crippen molar-refractivity contribution >= 4 is 23.2 Å². The number of carbonyl (C=O) groups is 2. The summed E-state index contributed by atoms with van der Waals surface area (Å²) in [4.78, 5) is 28.8. The van der Waals surface area contributed by atoms with Crippen LogP contribution in [0.5, 0.6) is 0 Å². The molecule has 0 aliphatic carbocycles. The van der Waals surface area contributed by atoms with Gasteiger partial charge in [-0.2, -0.15) is 13.2 Å². The molecule has 1 aliphatic heterocycles. The molecule has 0 spiro atoms. The number of rotatable bonds is 4. The molecule has 3 rings (SSSR count). The van der Waals surface area contributed by atoms with Crippen LogP contribution < -0.4 is 0 Å². The van der Waals surface area contributed by atoms with Gasteiger partial charge in [0.05, 0.1) is 17.0 Å². The predicted molar refractivity (Wildman–Crippen MR) is 92.8 cm³/mol. The lowest BCUT2D eigenvalue weighted by molar-refractivity contribution is -0.141. The fourth-order valence-electron chi connectivity index (χ4n) is 3.06. The zero-order chi connectivity index (χ0) is 19.6. The minimum absolute atomic E-state index is 0.123. The average Bonchev–Trinajstić information content (AvgIpc) is 3.13. The lowest BCUT2D eigenvalue weighted by Gasteiger charge is -2.32. The molecule has 9 heteroatoms. The molecule has 1 aromatic heterocycles. The Morgan fingerprint density at radius 1 is 1.26 bits per heavy atom. The maximum atomic E-state index is 12.7. The van der Waals surface area contributed by atoms with Crippen molar-refractivity contribution in [1.82, 2.24) is 9.88 Å². The molecule has 27 heavy (non-hydrogen) atoms. The zero-order valence-electron chi connectivity index (χ0n) is 14.2. The second-order valence-electron chi connectivity index (χ2n) is 6.43. The first kappa shape index (κ1) is 19.3. The Balaban J connectivity index is 1.64. The fraction of sp³-hybridized carbons (Fsp3) is 0.389. The summed E-state index contributed by atoms with van der Waals surface area (Å²) in [5.74, 6) is -1.36. The van der Waals surface area contributed by atoms with Crippen molar-refractivity contribution < 1.29 is 27.9 Å². The van der Waals surface area contributed by atoms with Gasteiger partial charge in [0.1, 0.15) is 0 Å². The number of carboxylic acids is 1. The molecule has 2 aromatic rings. The van der Waals surface area contributed by atoms with Crippen LogP contribution in [-0.4, -0.2) is 40.0 Å². The van der Waals surface area contributed by atoms with Crippen molar-refractivity contribution in [3.63, 3.8) is 0 Å². The van der Waals surface area contributed by atoms with Gasteiger partial charge in [-0.15, -0.1) is 11.3 Å². The Labute approximate surface area is 157 Å². The SMILES string of the molecule is O=C(O)c1ccc(CC(=O)N2CCCC(c3nc(C(F)(F)F)cs3)C2)cc1. The third-order valence-electron chi connectivity index (χ3n) is 4.49. The number of piperidine rings is 1. The fourth-order valence-corrected chi connectivity index (χ4v) is 4.02. The Kier molecular flexibility index (Phi) is 5.50. The lowest BCUT2D eigenvalue weighted by atomic mass is 9.98. The van der Waals surface area contributed by atoms with Gasteiger partial charge < -0.3 is 10.0 Å². The van der Waals surface area contributed by atoms with Gasteiger partial charge in [-0.1, -0.05) is 12.1 Å².